The summed E-state index contributed by atoms with van der Waals surface area (Å²) in [5.74, 6) is 0.535. The fourth-order valence-electron chi connectivity index (χ4n) is 9.73. The van der Waals surface area contributed by atoms with Crippen molar-refractivity contribution >= 4 is 69.5 Å². The minimum atomic E-state index is -2.39. The minimum absolute atomic E-state index is 0.0680. The molecule has 3 nitrogen and oxygen atoms in total. The van der Waals surface area contributed by atoms with Gasteiger partial charge in [-0.2, -0.15) is 0 Å². The average Bonchev–Trinajstić information content (AvgIpc) is 4.00. The van der Waals surface area contributed by atoms with Crippen LogP contribution in [0.1, 0.15) is 192 Å². The van der Waals surface area contributed by atoms with Crippen molar-refractivity contribution in [2.75, 3.05) is 6.54 Å². The first-order chi connectivity index (χ1) is 27.8. The van der Waals surface area contributed by atoms with Crippen LogP contribution in [-0.2, 0) is 6.42 Å². The van der Waals surface area contributed by atoms with E-state index in [1.807, 2.05) is 22.7 Å². The Balaban J connectivity index is 1.27. The number of fused-ring (bicyclic) bond motifs is 4. The van der Waals surface area contributed by atoms with E-state index in [-0.39, 0.29) is 11.8 Å². The highest BCUT2D eigenvalue weighted by atomic mass is 32.1. The zero-order chi connectivity index (χ0) is 40.4. The third-order valence-corrected chi connectivity index (χ3v) is 22.2. The molecule has 0 fully saturated rings. The molecule has 6 rings (SSSR count). The lowest BCUT2D eigenvalue weighted by Crippen LogP contribution is -2.65. The van der Waals surface area contributed by atoms with Crippen LogP contribution >= 0.6 is 34.0 Å². The van der Waals surface area contributed by atoms with Crippen molar-refractivity contribution in [1.82, 2.24) is 4.90 Å². The summed E-state index contributed by atoms with van der Waals surface area (Å²) in [5, 5.41) is 4.73. The van der Waals surface area contributed by atoms with Crippen molar-refractivity contribution in [3.05, 3.63) is 62.8 Å². The topological polar surface area (TPSA) is 37.4 Å². The smallest absolute Gasteiger partial charge is 0.263 e. The Hall–Kier alpha value is -2.32. The molecular weight excluding hydrogens is 771 g/mol. The summed E-state index contributed by atoms with van der Waals surface area (Å²) in [6.45, 7) is 14.2. The lowest BCUT2D eigenvalue weighted by molar-refractivity contribution is 0.0651. The molecule has 57 heavy (non-hydrogen) atoms. The quantitative estimate of drug-likeness (QED) is 0.0359. The molecule has 1 aromatic carbocycles. The highest BCUT2D eigenvalue weighted by Gasteiger charge is 2.51. The van der Waals surface area contributed by atoms with Crippen molar-refractivity contribution in [3.8, 4) is 19.5 Å². The van der Waals surface area contributed by atoms with Gasteiger partial charge in [-0.15, -0.1) is 34.0 Å². The number of unbranched alkanes of at least 4 members (excludes halogenated alkanes) is 15. The Morgan fingerprint density at radius 1 is 0.596 bits per heavy atom. The predicted octanol–water partition coefficient (Wildman–Crippen LogP) is 14.2. The molecule has 4 aromatic rings. The molecule has 2 amide bonds. The average molecular weight is 842 g/mol. The van der Waals surface area contributed by atoms with E-state index in [0.717, 1.165) is 29.0 Å². The third kappa shape index (κ3) is 9.84. The van der Waals surface area contributed by atoms with E-state index in [4.69, 9.17) is 0 Å². The molecule has 0 spiro atoms. The molecule has 7 heteroatoms. The van der Waals surface area contributed by atoms with Gasteiger partial charge in [0.15, 0.2) is 8.07 Å². The third-order valence-electron chi connectivity index (χ3n) is 13.1. The lowest BCUT2D eigenvalue weighted by atomic mass is 10.0. The SMILES string of the molecule is CCCCCCCCCCCCN1C(=O)c2c(C)sc(-c3cc4c(s3)-c3sc(C)cc3[Si]4(CC(CC)CCCC)c3ccc(CCCCCCCC)cc3)c2C1=O. The van der Waals surface area contributed by atoms with Crippen molar-refractivity contribution in [2.45, 2.75) is 182 Å². The van der Waals surface area contributed by atoms with Crippen LogP contribution in [0.2, 0.25) is 6.04 Å². The first-order valence-electron chi connectivity index (χ1n) is 23.1. The number of rotatable bonds is 26. The van der Waals surface area contributed by atoms with Gasteiger partial charge in [-0.1, -0.05) is 168 Å². The van der Waals surface area contributed by atoms with E-state index in [1.54, 1.807) is 31.8 Å². The normalized spacial score (nSPS) is 16.5. The zero-order valence-corrected chi connectivity index (χ0v) is 39.7. The second-order valence-electron chi connectivity index (χ2n) is 17.4. The van der Waals surface area contributed by atoms with E-state index < -0.39 is 8.07 Å². The summed E-state index contributed by atoms with van der Waals surface area (Å²) in [7, 11) is -2.39. The molecule has 0 N–H and O–H groups in total. The standard InChI is InChI=1S/C50H71NO2S3Si/c1-7-11-14-16-18-19-20-21-23-25-32-51-49(52)44-37(6)55-46(45(44)50(51)53)41-34-43-48(56-41)47-42(33-36(5)54-47)57(43,35-38(10-4)26-13-9-3)40-30-28-39(29-31-40)27-24-22-17-15-12-8-2/h28-31,33-34,38H,7-27,32,35H2,1-6H3. The number of benzene rings is 1. The summed E-state index contributed by atoms with van der Waals surface area (Å²) in [5.41, 5.74) is 2.82. The van der Waals surface area contributed by atoms with Crippen LogP contribution in [0.25, 0.3) is 19.5 Å². The molecule has 0 saturated heterocycles. The van der Waals surface area contributed by atoms with Gasteiger partial charge in [0.25, 0.3) is 11.8 Å². The summed E-state index contributed by atoms with van der Waals surface area (Å²) < 4.78 is 0. The maximum atomic E-state index is 14.2. The maximum Gasteiger partial charge on any atom is 0.263 e. The number of carbonyl (C=O) groups is 2. The molecule has 2 aliphatic heterocycles. The fraction of sp³-hybridized carbons (Fsp3) is 0.600. The van der Waals surface area contributed by atoms with Gasteiger partial charge in [-0.25, -0.2) is 0 Å². The second-order valence-corrected chi connectivity index (χ2v) is 24.8. The molecule has 0 radical (unpaired) electrons. The van der Waals surface area contributed by atoms with E-state index in [2.05, 4.69) is 77.9 Å². The van der Waals surface area contributed by atoms with Gasteiger partial charge in [0, 0.05) is 30.9 Å². The van der Waals surface area contributed by atoms with Crippen LogP contribution in [-0.4, -0.2) is 31.3 Å². The number of hydrogen-bond acceptors (Lipinski definition) is 5. The van der Waals surface area contributed by atoms with Crippen LogP contribution in [0.15, 0.2) is 36.4 Å². The Kier molecular flexibility index (Phi) is 16.5. The zero-order valence-electron chi connectivity index (χ0n) is 36.3. The Bertz CT molecular complexity index is 1920. The van der Waals surface area contributed by atoms with Crippen LogP contribution in [0, 0.1) is 19.8 Å². The molecule has 0 bridgehead atoms. The highest BCUT2D eigenvalue weighted by Crippen LogP contribution is 2.48. The molecule has 0 aliphatic carbocycles. The van der Waals surface area contributed by atoms with Crippen molar-refractivity contribution < 1.29 is 9.59 Å². The Labute approximate surface area is 359 Å². The van der Waals surface area contributed by atoms with E-state index in [9.17, 15) is 9.59 Å². The fourth-order valence-corrected chi connectivity index (χ4v) is 20.4. The van der Waals surface area contributed by atoms with Crippen LogP contribution in [0.3, 0.4) is 0 Å². The largest absolute Gasteiger partial charge is 0.274 e. The maximum absolute atomic E-state index is 14.2. The number of carbonyl (C=O) groups excluding carboxylic acids is 2. The number of aryl methyl sites for hydroxylation is 3. The first kappa shape index (κ1) is 44.2. The molecule has 2 aliphatic rings. The molecule has 2 unspecified atom stereocenters. The Morgan fingerprint density at radius 3 is 1.79 bits per heavy atom. The molecule has 2 atom stereocenters. The van der Waals surface area contributed by atoms with E-state index in [0.29, 0.717) is 23.6 Å². The number of imide groups is 1. The van der Waals surface area contributed by atoms with Crippen LogP contribution < -0.4 is 15.6 Å². The van der Waals surface area contributed by atoms with Gasteiger partial charge in [-0.3, -0.25) is 14.5 Å². The Morgan fingerprint density at radius 2 is 1.16 bits per heavy atom. The number of amides is 2. The predicted molar refractivity (Wildman–Crippen MR) is 254 cm³/mol. The van der Waals surface area contributed by atoms with Gasteiger partial charge in [0.05, 0.1) is 16.0 Å². The molecule has 310 valence electrons. The van der Waals surface area contributed by atoms with Gasteiger partial charge < -0.3 is 0 Å². The van der Waals surface area contributed by atoms with Gasteiger partial charge in [0.2, 0.25) is 0 Å². The molecular formula is C50H71NO2S3Si. The minimum Gasteiger partial charge on any atom is -0.274 e. The first-order valence-corrected chi connectivity index (χ1v) is 27.8. The second kappa shape index (κ2) is 21.3. The van der Waals surface area contributed by atoms with Crippen molar-refractivity contribution in [3.63, 3.8) is 0 Å². The molecule has 5 heterocycles. The van der Waals surface area contributed by atoms with Gasteiger partial charge in [0.1, 0.15) is 0 Å². The number of hydrogen-bond donors (Lipinski definition) is 0. The van der Waals surface area contributed by atoms with E-state index >= 15 is 0 Å². The number of nitrogens with zero attached hydrogens (tertiary/aromatic N) is 1. The number of thiophene rings is 3. The summed E-state index contributed by atoms with van der Waals surface area (Å²) in [6.07, 6.45) is 26.5. The highest BCUT2D eigenvalue weighted by molar-refractivity contribution is 7.33. The van der Waals surface area contributed by atoms with Gasteiger partial charge >= 0.3 is 0 Å². The van der Waals surface area contributed by atoms with Crippen LogP contribution in [0.4, 0.5) is 0 Å². The van der Waals surface area contributed by atoms with Crippen molar-refractivity contribution in [2.24, 2.45) is 5.92 Å². The summed E-state index contributed by atoms with van der Waals surface area (Å²) in [4.78, 5) is 37.2. The van der Waals surface area contributed by atoms with E-state index in [1.165, 1.54) is 147 Å². The lowest BCUT2D eigenvalue weighted by Gasteiger charge is -2.33. The monoisotopic (exact) mass is 841 g/mol. The van der Waals surface area contributed by atoms with Crippen LogP contribution in [0.5, 0.6) is 0 Å². The summed E-state index contributed by atoms with van der Waals surface area (Å²) >= 11 is 5.54. The van der Waals surface area contributed by atoms with Gasteiger partial charge in [-0.05, 0) is 78.3 Å². The summed E-state index contributed by atoms with van der Waals surface area (Å²) in [6, 6.07) is 16.3. The molecule has 0 saturated carbocycles. The van der Waals surface area contributed by atoms with Crippen molar-refractivity contribution in [1.29, 1.82) is 0 Å². The molecule has 3 aromatic heterocycles.